The van der Waals surface area contributed by atoms with Crippen molar-refractivity contribution in [3.8, 4) is 5.75 Å². The van der Waals surface area contributed by atoms with Crippen molar-refractivity contribution < 1.29 is 17.9 Å². The highest BCUT2D eigenvalue weighted by atomic mass is 79.9. The second-order valence-electron chi connectivity index (χ2n) is 6.54. The van der Waals surface area contributed by atoms with E-state index in [-0.39, 0.29) is 29.4 Å². The molecule has 0 unspecified atom stereocenters. The first-order valence-corrected chi connectivity index (χ1v) is 12.1. The molecule has 0 bridgehead atoms. The van der Waals surface area contributed by atoms with Crippen molar-refractivity contribution in [2.24, 2.45) is 4.99 Å². The molecule has 1 amide bonds. The normalized spacial score (nSPS) is 24.3. The van der Waals surface area contributed by atoms with Crippen LogP contribution < -0.4 is 9.64 Å². The molecule has 2 aliphatic rings. The lowest BCUT2D eigenvalue weighted by Gasteiger charge is -2.24. The number of para-hydroxylation sites is 1. The van der Waals surface area contributed by atoms with Crippen LogP contribution in [-0.4, -0.2) is 48.9 Å². The molecule has 0 aliphatic carbocycles. The van der Waals surface area contributed by atoms with E-state index in [0.29, 0.717) is 10.9 Å². The molecule has 28 heavy (non-hydrogen) atoms. The Balaban J connectivity index is 1.58. The molecule has 0 N–H and O–H groups in total. The average Bonchev–Trinajstić information content (AvgIpc) is 3.11. The van der Waals surface area contributed by atoms with Gasteiger partial charge in [0.15, 0.2) is 21.6 Å². The summed E-state index contributed by atoms with van der Waals surface area (Å²) in [5.74, 6) is 0.349. The minimum Gasteiger partial charge on any atom is -0.484 e. The van der Waals surface area contributed by atoms with Crippen molar-refractivity contribution in [3.63, 3.8) is 0 Å². The van der Waals surface area contributed by atoms with Crippen LogP contribution in [0.15, 0.2) is 64.1 Å². The Kier molecular flexibility index (Phi) is 5.48. The molecule has 0 aromatic heterocycles. The van der Waals surface area contributed by atoms with E-state index >= 15 is 0 Å². The summed E-state index contributed by atoms with van der Waals surface area (Å²) in [6.07, 6.45) is 0. The van der Waals surface area contributed by atoms with Gasteiger partial charge >= 0.3 is 0 Å². The Morgan fingerprint density at radius 1 is 1.18 bits per heavy atom. The van der Waals surface area contributed by atoms with Gasteiger partial charge in [-0.25, -0.2) is 8.42 Å². The number of carbonyl (C=O) groups is 1. The molecule has 146 valence electrons. The van der Waals surface area contributed by atoms with Gasteiger partial charge in [-0.3, -0.25) is 4.79 Å². The monoisotopic (exact) mass is 480 g/mol. The molecular formula is C19H17BrN2O4S2. The zero-order chi connectivity index (χ0) is 19.7. The number of hydrogen-bond acceptors (Lipinski definition) is 5. The Bertz CT molecular complexity index is 1030. The van der Waals surface area contributed by atoms with Gasteiger partial charge in [0.25, 0.3) is 5.91 Å². The van der Waals surface area contributed by atoms with Crippen molar-refractivity contribution in [1.29, 1.82) is 0 Å². The maximum atomic E-state index is 12.4. The number of amides is 1. The number of ether oxygens (including phenoxy) is 1. The van der Waals surface area contributed by atoms with Gasteiger partial charge in [0.2, 0.25) is 0 Å². The number of sulfone groups is 1. The number of carbonyl (C=O) groups excluding carboxylic acids is 1. The lowest BCUT2D eigenvalue weighted by atomic mass is 10.2. The largest absolute Gasteiger partial charge is 0.484 e. The predicted octanol–water partition coefficient (Wildman–Crippen LogP) is 3.13. The smallest absolute Gasteiger partial charge is 0.285 e. The molecule has 9 heteroatoms. The van der Waals surface area contributed by atoms with Crippen LogP contribution in [-0.2, 0) is 14.6 Å². The van der Waals surface area contributed by atoms with E-state index < -0.39 is 15.7 Å². The minimum atomic E-state index is -3.09. The van der Waals surface area contributed by atoms with Crippen LogP contribution in [0.3, 0.4) is 0 Å². The van der Waals surface area contributed by atoms with Gasteiger partial charge in [0.1, 0.15) is 5.75 Å². The molecule has 2 aromatic rings. The summed E-state index contributed by atoms with van der Waals surface area (Å²) >= 11 is 4.79. The second kappa shape index (κ2) is 7.88. The number of hydrogen-bond donors (Lipinski definition) is 0. The molecule has 4 rings (SSSR count). The molecule has 2 atom stereocenters. The Hall–Kier alpha value is -1.84. The topological polar surface area (TPSA) is 76.0 Å². The summed E-state index contributed by atoms with van der Waals surface area (Å²) < 4.78 is 30.6. The predicted molar refractivity (Wildman–Crippen MR) is 115 cm³/mol. The molecule has 2 aromatic carbocycles. The maximum Gasteiger partial charge on any atom is 0.285 e. The Morgan fingerprint density at radius 2 is 1.96 bits per heavy atom. The van der Waals surface area contributed by atoms with E-state index in [9.17, 15) is 13.2 Å². The SMILES string of the molecule is O=C(COc1ccccc1)N=C1S[C@@H]2CS(=O)(=O)C[C@H]2N1c1cccc(Br)c1. The van der Waals surface area contributed by atoms with E-state index in [1.54, 1.807) is 12.1 Å². The molecule has 0 spiro atoms. The van der Waals surface area contributed by atoms with Crippen molar-refractivity contribution in [2.45, 2.75) is 11.3 Å². The second-order valence-corrected chi connectivity index (χ2v) is 10.8. The number of rotatable bonds is 4. The molecule has 2 aliphatic heterocycles. The van der Waals surface area contributed by atoms with Gasteiger partial charge in [0.05, 0.1) is 17.5 Å². The van der Waals surface area contributed by atoms with Gasteiger partial charge in [-0.15, -0.1) is 0 Å². The fourth-order valence-corrected chi connectivity index (χ4v) is 7.61. The molecule has 0 radical (unpaired) electrons. The summed E-state index contributed by atoms with van der Waals surface area (Å²) in [6.45, 7) is -0.173. The van der Waals surface area contributed by atoms with Crippen LogP contribution >= 0.6 is 27.7 Å². The van der Waals surface area contributed by atoms with E-state index in [0.717, 1.165) is 10.2 Å². The van der Waals surface area contributed by atoms with Gasteiger partial charge in [0, 0.05) is 15.4 Å². The summed E-state index contributed by atoms with van der Waals surface area (Å²) in [5, 5.41) is 0.384. The Morgan fingerprint density at radius 3 is 2.71 bits per heavy atom. The average molecular weight is 481 g/mol. The zero-order valence-electron chi connectivity index (χ0n) is 14.7. The van der Waals surface area contributed by atoms with Gasteiger partial charge in [-0.2, -0.15) is 4.99 Å². The lowest BCUT2D eigenvalue weighted by molar-refractivity contribution is -0.119. The van der Waals surface area contributed by atoms with Crippen LogP contribution in [0.25, 0.3) is 0 Å². The number of anilines is 1. The van der Waals surface area contributed by atoms with E-state index in [4.69, 9.17) is 4.74 Å². The maximum absolute atomic E-state index is 12.4. The van der Waals surface area contributed by atoms with Crippen molar-refractivity contribution in [1.82, 2.24) is 0 Å². The molecular weight excluding hydrogens is 464 g/mol. The number of thioether (sulfide) groups is 1. The fraction of sp³-hybridized carbons (Fsp3) is 0.263. The van der Waals surface area contributed by atoms with Gasteiger partial charge in [-0.05, 0) is 30.3 Å². The highest BCUT2D eigenvalue weighted by Crippen LogP contribution is 2.41. The van der Waals surface area contributed by atoms with E-state index in [1.807, 2.05) is 47.4 Å². The molecule has 0 saturated carbocycles. The van der Waals surface area contributed by atoms with Crippen LogP contribution in [0.5, 0.6) is 5.75 Å². The lowest BCUT2D eigenvalue weighted by Crippen LogP contribution is -2.37. The van der Waals surface area contributed by atoms with E-state index in [1.165, 1.54) is 11.8 Å². The first kappa shape index (κ1) is 19.5. The van der Waals surface area contributed by atoms with Crippen LogP contribution in [0.1, 0.15) is 0 Å². The summed E-state index contributed by atoms with van der Waals surface area (Å²) in [5.41, 5.74) is 0.807. The quantitative estimate of drug-likeness (QED) is 0.668. The minimum absolute atomic E-state index is 0.0604. The highest BCUT2D eigenvalue weighted by molar-refractivity contribution is 9.10. The van der Waals surface area contributed by atoms with Crippen molar-refractivity contribution in [3.05, 3.63) is 59.1 Å². The van der Waals surface area contributed by atoms with Gasteiger partial charge < -0.3 is 9.64 Å². The van der Waals surface area contributed by atoms with Crippen molar-refractivity contribution >= 4 is 54.3 Å². The third kappa shape index (κ3) is 4.26. The first-order valence-electron chi connectivity index (χ1n) is 8.62. The fourth-order valence-electron chi connectivity index (χ4n) is 3.29. The number of benzene rings is 2. The molecule has 6 nitrogen and oxygen atoms in total. The van der Waals surface area contributed by atoms with Gasteiger partial charge in [-0.1, -0.05) is 52.0 Å². The Labute approximate surface area is 176 Å². The van der Waals surface area contributed by atoms with Crippen molar-refractivity contribution in [2.75, 3.05) is 23.0 Å². The highest BCUT2D eigenvalue weighted by Gasteiger charge is 2.49. The summed E-state index contributed by atoms with van der Waals surface area (Å²) in [7, 11) is -3.09. The zero-order valence-corrected chi connectivity index (χ0v) is 17.9. The number of nitrogens with zero attached hydrogens (tertiary/aromatic N) is 2. The van der Waals surface area contributed by atoms with E-state index in [2.05, 4.69) is 20.9 Å². The summed E-state index contributed by atoms with van der Waals surface area (Å²) in [6, 6.07) is 16.4. The first-order chi connectivity index (χ1) is 13.4. The third-order valence-corrected chi connectivity index (χ3v) is 8.18. The molecule has 2 fully saturated rings. The van der Waals surface area contributed by atoms with Crippen LogP contribution in [0.4, 0.5) is 5.69 Å². The number of fused-ring (bicyclic) bond motifs is 1. The van der Waals surface area contributed by atoms with Crippen LogP contribution in [0, 0.1) is 0 Å². The number of aliphatic imine (C=N–C) groups is 1. The number of amidine groups is 1. The molecule has 2 saturated heterocycles. The third-order valence-electron chi connectivity index (χ3n) is 4.48. The standard InChI is InChI=1S/C19H17BrN2O4S2/c20-13-5-4-6-14(9-13)22-16-11-28(24,25)12-17(16)27-19(22)21-18(23)10-26-15-7-2-1-3-8-15/h1-9,16-17H,10-12H2/t16-,17-/m1/s1. The molecule has 2 heterocycles. The number of halogens is 1. The van der Waals surface area contributed by atoms with Crippen LogP contribution in [0.2, 0.25) is 0 Å². The summed E-state index contributed by atoms with van der Waals surface area (Å²) in [4.78, 5) is 18.5.